The van der Waals surface area contributed by atoms with Crippen LogP contribution in [0.4, 0.5) is 5.00 Å². The number of ether oxygens (including phenoxy) is 1. The van der Waals surface area contributed by atoms with Gasteiger partial charge in [0.1, 0.15) is 10.8 Å². The van der Waals surface area contributed by atoms with E-state index >= 15 is 0 Å². The fourth-order valence-electron chi connectivity index (χ4n) is 3.11. The molecule has 0 saturated heterocycles. The predicted octanol–water partition coefficient (Wildman–Crippen LogP) is 3.23. The Labute approximate surface area is 144 Å². The van der Waals surface area contributed by atoms with Crippen LogP contribution in [0.1, 0.15) is 44.5 Å². The monoisotopic (exact) mass is 344 g/mol. The van der Waals surface area contributed by atoms with E-state index in [0.29, 0.717) is 27.8 Å². The highest BCUT2D eigenvalue weighted by molar-refractivity contribution is 7.17. The Bertz CT molecular complexity index is 798. The average Bonchev–Trinajstić information content (AvgIpc) is 2.91. The number of nitrogens with two attached hydrogens (primary N) is 1. The number of carbonyl (C=O) groups excluding carboxylic acids is 2. The third-order valence-corrected chi connectivity index (χ3v) is 5.54. The van der Waals surface area contributed by atoms with Gasteiger partial charge in [-0.1, -0.05) is 19.1 Å². The average molecular weight is 344 g/mol. The molecular formula is C18H20N2O3S. The van der Waals surface area contributed by atoms with Crippen molar-refractivity contribution in [1.82, 2.24) is 0 Å². The zero-order chi connectivity index (χ0) is 17.3. The van der Waals surface area contributed by atoms with Crippen LogP contribution >= 0.6 is 11.3 Å². The number of methoxy groups -OCH3 is 1. The molecule has 1 heterocycles. The summed E-state index contributed by atoms with van der Waals surface area (Å²) >= 11 is 1.46. The van der Waals surface area contributed by atoms with Crippen LogP contribution in [0.15, 0.2) is 24.3 Å². The number of benzene rings is 1. The Kier molecular flexibility index (Phi) is 4.57. The van der Waals surface area contributed by atoms with E-state index in [1.54, 1.807) is 24.3 Å². The standard InChI is InChI=1S/C18H20N2O3S/c1-10-7-8-14-12(9-10)15(16(19)21)18(24-14)20-17(22)11-5-3-4-6-13(11)23-2/h3-6,10H,7-9H2,1-2H3,(H2,19,21)(H,20,22)/t10-/m0/s1. The van der Waals surface area contributed by atoms with Gasteiger partial charge in [0.25, 0.3) is 11.8 Å². The SMILES string of the molecule is COc1ccccc1C(=O)Nc1sc2c(c1C(N)=O)C[C@@H](C)CC2. The molecule has 1 aliphatic carbocycles. The lowest BCUT2D eigenvalue weighted by Gasteiger charge is -2.18. The molecule has 1 aromatic carbocycles. The van der Waals surface area contributed by atoms with Gasteiger partial charge >= 0.3 is 0 Å². The van der Waals surface area contributed by atoms with Crippen LogP contribution in [-0.2, 0) is 12.8 Å². The van der Waals surface area contributed by atoms with Gasteiger partial charge in [-0.2, -0.15) is 0 Å². The predicted molar refractivity (Wildman–Crippen MR) is 95.0 cm³/mol. The molecule has 1 aliphatic rings. The van der Waals surface area contributed by atoms with Crippen LogP contribution in [0.2, 0.25) is 0 Å². The van der Waals surface area contributed by atoms with E-state index in [2.05, 4.69) is 12.2 Å². The number of hydrogen-bond acceptors (Lipinski definition) is 4. The number of fused-ring (bicyclic) bond motifs is 1. The van der Waals surface area contributed by atoms with Crippen LogP contribution in [0.25, 0.3) is 0 Å². The van der Waals surface area contributed by atoms with Crippen LogP contribution in [0.3, 0.4) is 0 Å². The third-order valence-electron chi connectivity index (χ3n) is 4.33. The highest BCUT2D eigenvalue weighted by Crippen LogP contribution is 2.39. The number of nitrogens with one attached hydrogen (secondary N) is 1. The molecule has 6 heteroatoms. The molecule has 0 fully saturated rings. The van der Waals surface area contributed by atoms with Crippen LogP contribution in [0.5, 0.6) is 5.75 Å². The summed E-state index contributed by atoms with van der Waals surface area (Å²) in [6, 6.07) is 6.99. The van der Waals surface area contributed by atoms with E-state index in [9.17, 15) is 9.59 Å². The number of carbonyl (C=O) groups is 2. The molecule has 2 amide bonds. The Balaban J connectivity index is 1.95. The van der Waals surface area contributed by atoms with Crippen molar-refractivity contribution >= 4 is 28.2 Å². The lowest BCUT2D eigenvalue weighted by atomic mass is 9.87. The molecule has 0 unspecified atom stereocenters. The minimum Gasteiger partial charge on any atom is -0.496 e. The number of primary amides is 1. The van der Waals surface area contributed by atoms with Crippen molar-refractivity contribution in [3.63, 3.8) is 0 Å². The lowest BCUT2D eigenvalue weighted by Crippen LogP contribution is -2.20. The summed E-state index contributed by atoms with van der Waals surface area (Å²) in [5, 5.41) is 3.39. The van der Waals surface area contributed by atoms with E-state index in [-0.39, 0.29) is 5.91 Å². The first kappa shape index (κ1) is 16.5. The molecule has 0 aliphatic heterocycles. The second-order valence-electron chi connectivity index (χ2n) is 6.07. The third kappa shape index (κ3) is 3.01. The van der Waals surface area contributed by atoms with E-state index < -0.39 is 5.91 Å². The summed E-state index contributed by atoms with van der Waals surface area (Å²) in [6.45, 7) is 2.17. The van der Waals surface area contributed by atoms with Crippen molar-refractivity contribution in [1.29, 1.82) is 0 Å². The van der Waals surface area contributed by atoms with Gasteiger partial charge in [-0.15, -0.1) is 11.3 Å². The summed E-state index contributed by atoms with van der Waals surface area (Å²) in [5.41, 5.74) is 7.48. The quantitative estimate of drug-likeness (QED) is 0.893. The number of thiophene rings is 1. The first-order valence-corrected chi connectivity index (χ1v) is 8.71. The van der Waals surface area contributed by atoms with Gasteiger partial charge in [-0.05, 0) is 42.9 Å². The molecular weight excluding hydrogens is 324 g/mol. The van der Waals surface area contributed by atoms with Gasteiger partial charge in [-0.3, -0.25) is 9.59 Å². The lowest BCUT2D eigenvalue weighted by molar-refractivity contribution is 0.1000. The topological polar surface area (TPSA) is 81.4 Å². The maximum absolute atomic E-state index is 12.6. The smallest absolute Gasteiger partial charge is 0.260 e. The van der Waals surface area contributed by atoms with E-state index in [4.69, 9.17) is 10.5 Å². The Hall–Kier alpha value is -2.34. The van der Waals surface area contributed by atoms with Gasteiger partial charge in [0.2, 0.25) is 0 Å². The molecule has 0 saturated carbocycles. The summed E-state index contributed by atoms with van der Waals surface area (Å²) in [4.78, 5) is 25.7. The molecule has 1 aromatic heterocycles. The zero-order valence-corrected chi connectivity index (χ0v) is 14.5. The minimum absolute atomic E-state index is 0.304. The number of anilines is 1. The summed E-state index contributed by atoms with van der Waals surface area (Å²) in [7, 11) is 1.52. The second-order valence-corrected chi connectivity index (χ2v) is 7.18. The summed E-state index contributed by atoms with van der Waals surface area (Å²) < 4.78 is 5.23. The maximum atomic E-state index is 12.6. The highest BCUT2D eigenvalue weighted by Gasteiger charge is 2.27. The van der Waals surface area contributed by atoms with E-state index in [1.807, 2.05) is 0 Å². The number of hydrogen-bond donors (Lipinski definition) is 2. The van der Waals surface area contributed by atoms with Gasteiger partial charge in [0.15, 0.2) is 0 Å². The van der Waals surface area contributed by atoms with Crippen molar-refractivity contribution < 1.29 is 14.3 Å². The number of amides is 2. The zero-order valence-electron chi connectivity index (χ0n) is 13.7. The van der Waals surface area contributed by atoms with Crippen molar-refractivity contribution in [2.24, 2.45) is 11.7 Å². The van der Waals surface area contributed by atoms with Gasteiger partial charge < -0.3 is 15.8 Å². The molecule has 2 aromatic rings. The van der Waals surface area contributed by atoms with Gasteiger partial charge in [0.05, 0.1) is 18.2 Å². The van der Waals surface area contributed by atoms with Crippen molar-refractivity contribution in [2.45, 2.75) is 26.2 Å². The van der Waals surface area contributed by atoms with Crippen LogP contribution < -0.4 is 15.8 Å². The molecule has 0 spiro atoms. The Morgan fingerprint density at radius 1 is 1.33 bits per heavy atom. The Morgan fingerprint density at radius 2 is 2.08 bits per heavy atom. The summed E-state index contributed by atoms with van der Waals surface area (Å²) in [5.74, 6) is 0.215. The molecule has 126 valence electrons. The maximum Gasteiger partial charge on any atom is 0.260 e. The van der Waals surface area contributed by atoms with Crippen LogP contribution in [0, 0.1) is 5.92 Å². The van der Waals surface area contributed by atoms with Gasteiger partial charge in [-0.25, -0.2) is 0 Å². The molecule has 1 atom stereocenters. The highest BCUT2D eigenvalue weighted by atomic mass is 32.1. The molecule has 24 heavy (non-hydrogen) atoms. The number of para-hydroxylation sites is 1. The fraction of sp³-hybridized carbons (Fsp3) is 0.333. The molecule has 3 rings (SSSR count). The first-order chi connectivity index (χ1) is 11.5. The normalized spacial score (nSPS) is 16.3. The number of aryl methyl sites for hydroxylation is 1. The first-order valence-electron chi connectivity index (χ1n) is 7.90. The Morgan fingerprint density at radius 3 is 2.79 bits per heavy atom. The van der Waals surface area contributed by atoms with Gasteiger partial charge in [0, 0.05) is 4.88 Å². The van der Waals surface area contributed by atoms with E-state index in [1.165, 1.54) is 18.4 Å². The minimum atomic E-state index is -0.489. The molecule has 3 N–H and O–H groups in total. The second kappa shape index (κ2) is 6.65. The van der Waals surface area contributed by atoms with Crippen LogP contribution in [-0.4, -0.2) is 18.9 Å². The molecule has 5 nitrogen and oxygen atoms in total. The molecule has 0 bridgehead atoms. The van der Waals surface area contributed by atoms with Crippen molar-refractivity contribution in [3.05, 3.63) is 45.8 Å². The number of rotatable bonds is 4. The molecule has 0 radical (unpaired) electrons. The van der Waals surface area contributed by atoms with Crippen molar-refractivity contribution in [2.75, 3.05) is 12.4 Å². The fourth-order valence-corrected chi connectivity index (χ4v) is 4.35. The van der Waals surface area contributed by atoms with E-state index in [0.717, 1.165) is 29.7 Å². The summed E-state index contributed by atoms with van der Waals surface area (Å²) in [6.07, 6.45) is 2.84. The largest absolute Gasteiger partial charge is 0.496 e. The van der Waals surface area contributed by atoms with Crippen molar-refractivity contribution in [3.8, 4) is 5.75 Å².